The molecule has 1 aliphatic rings. The monoisotopic (exact) mass is 322 g/mol. The smallest absolute Gasteiger partial charge is 0.243 e. The molecule has 0 aromatic heterocycles. The molecule has 1 amide bonds. The molecule has 0 saturated heterocycles. The number of fused-ring (bicyclic) bond motifs is 1. The number of hydrogen-bond donors (Lipinski definition) is 1. The second-order valence-electron chi connectivity index (χ2n) is 6.90. The molecule has 0 bridgehead atoms. The Kier molecular flexibility index (Phi) is 4.89. The number of anilines is 2. The SMILES string of the molecule is Cc1cccc(C(C)C)c1NC(=O)CN1CCCc2ccccc21. The number of nitrogens with one attached hydrogen (secondary N) is 1. The fourth-order valence-corrected chi connectivity index (χ4v) is 3.47. The van der Waals surface area contributed by atoms with Crippen molar-refractivity contribution < 1.29 is 4.79 Å². The van der Waals surface area contributed by atoms with Crippen molar-refractivity contribution in [1.29, 1.82) is 0 Å². The quantitative estimate of drug-likeness (QED) is 0.898. The molecule has 3 rings (SSSR count). The van der Waals surface area contributed by atoms with E-state index in [0.29, 0.717) is 12.5 Å². The van der Waals surface area contributed by atoms with Crippen molar-refractivity contribution >= 4 is 17.3 Å². The molecule has 1 N–H and O–H groups in total. The van der Waals surface area contributed by atoms with E-state index in [-0.39, 0.29) is 5.91 Å². The number of benzene rings is 2. The van der Waals surface area contributed by atoms with Gasteiger partial charge >= 0.3 is 0 Å². The molecule has 0 atom stereocenters. The van der Waals surface area contributed by atoms with Gasteiger partial charge in [0.15, 0.2) is 0 Å². The Morgan fingerprint density at radius 1 is 1.17 bits per heavy atom. The summed E-state index contributed by atoms with van der Waals surface area (Å²) in [5, 5.41) is 3.16. The van der Waals surface area contributed by atoms with Gasteiger partial charge < -0.3 is 10.2 Å². The molecule has 0 aliphatic carbocycles. The van der Waals surface area contributed by atoms with Gasteiger partial charge in [0.2, 0.25) is 5.91 Å². The van der Waals surface area contributed by atoms with Crippen molar-refractivity contribution in [1.82, 2.24) is 0 Å². The summed E-state index contributed by atoms with van der Waals surface area (Å²) in [6, 6.07) is 14.6. The molecule has 24 heavy (non-hydrogen) atoms. The normalized spacial score (nSPS) is 13.8. The minimum Gasteiger partial charge on any atom is -0.362 e. The Hall–Kier alpha value is -2.29. The van der Waals surface area contributed by atoms with Crippen molar-refractivity contribution in [3.63, 3.8) is 0 Å². The van der Waals surface area contributed by atoms with E-state index in [1.165, 1.54) is 16.8 Å². The highest BCUT2D eigenvalue weighted by Gasteiger charge is 2.19. The van der Waals surface area contributed by atoms with E-state index in [4.69, 9.17) is 0 Å². The first-order chi connectivity index (χ1) is 11.6. The van der Waals surface area contributed by atoms with Crippen molar-refractivity contribution in [2.45, 2.75) is 39.5 Å². The number of carbonyl (C=O) groups is 1. The van der Waals surface area contributed by atoms with Crippen LogP contribution in [0.3, 0.4) is 0 Å². The second-order valence-corrected chi connectivity index (χ2v) is 6.90. The summed E-state index contributed by atoms with van der Waals surface area (Å²) in [4.78, 5) is 14.9. The van der Waals surface area contributed by atoms with Crippen LogP contribution in [0, 0.1) is 6.92 Å². The highest BCUT2D eigenvalue weighted by molar-refractivity contribution is 5.95. The summed E-state index contributed by atoms with van der Waals surface area (Å²) >= 11 is 0. The van der Waals surface area contributed by atoms with Gasteiger partial charge in [0, 0.05) is 17.9 Å². The minimum atomic E-state index is 0.0582. The Bertz CT molecular complexity index is 736. The van der Waals surface area contributed by atoms with E-state index in [1.54, 1.807) is 0 Å². The van der Waals surface area contributed by atoms with Gasteiger partial charge in [-0.15, -0.1) is 0 Å². The Morgan fingerprint density at radius 2 is 1.96 bits per heavy atom. The molecule has 0 saturated carbocycles. The fourth-order valence-electron chi connectivity index (χ4n) is 3.47. The van der Waals surface area contributed by atoms with Crippen LogP contribution in [0.5, 0.6) is 0 Å². The molecule has 2 aromatic rings. The number of para-hydroxylation sites is 2. The lowest BCUT2D eigenvalue weighted by Gasteiger charge is -2.31. The lowest BCUT2D eigenvalue weighted by Crippen LogP contribution is -2.37. The minimum absolute atomic E-state index is 0.0582. The van der Waals surface area contributed by atoms with Crippen LogP contribution in [0.25, 0.3) is 0 Å². The molecule has 0 radical (unpaired) electrons. The molecule has 2 aromatic carbocycles. The molecule has 1 aliphatic heterocycles. The summed E-state index contributed by atoms with van der Waals surface area (Å²) in [6.45, 7) is 7.71. The van der Waals surface area contributed by atoms with Crippen LogP contribution in [0.4, 0.5) is 11.4 Å². The standard InChI is InChI=1S/C21H26N2O/c1-15(2)18-11-6-8-16(3)21(18)22-20(24)14-23-13-7-10-17-9-4-5-12-19(17)23/h4-6,8-9,11-12,15H,7,10,13-14H2,1-3H3,(H,22,24). The average Bonchev–Trinajstić information content (AvgIpc) is 2.57. The summed E-state index contributed by atoms with van der Waals surface area (Å²) in [5.41, 5.74) is 5.84. The molecule has 0 fully saturated rings. The Morgan fingerprint density at radius 3 is 2.75 bits per heavy atom. The summed E-state index contributed by atoms with van der Waals surface area (Å²) in [7, 11) is 0. The van der Waals surface area contributed by atoms with Crippen molar-refractivity contribution in [3.8, 4) is 0 Å². The average molecular weight is 322 g/mol. The van der Waals surface area contributed by atoms with E-state index in [9.17, 15) is 4.79 Å². The predicted molar refractivity (Wildman–Crippen MR) is 101 cm³/mol. The summed E-state index contributed by atoms with van der Waals surface area (Å²) < 4.78 is 0. The van der Waals surface area contributed by atoms with Gasteiger partial charge in [0.25, 0.3) is 0 Å². The maximum atomic E-state index is 12.7. The number of nitrogens with zero attached hydrogens (tertiary/aromatic N) is 1. The first kappa shape index (κ1) is 16.6. The van der Waals surface area contributed by atoms with Crippen LogP contribution in [0.2, 0.25) is 0 Å². The predicted octanol–water partition coefficient (Wildman–Crippen LogP) is 4.51. The van der Waals surface area contributed by atoms with Crippen molar-refractivity contribution in [2.24, 2.45) is 0 Å². The largest absolute Gasteiger partial charge is 0.362 e. The maximum Gasteiger partial charge on any atom is 0.243 e. The molecule has 1 heterocycles. The topological polar surface area (TPSA) is 32.3 Å². The molecular formula is C21H26N2O. The summed E-state index contributed by atoms with van der Waals surface area (Å²) in [6.07, 6.45) is 2.20. The lowest BCUT2D eigenvalue weighted by atomic mass is 9.98. The molecule has 3 nitrogen and oxygen atoms in total. The van der Waals surface area contributed by atoms with Gasteiger partial charge in [0.1, 0.15) is 0 Å². The van der Waals surface area contributed by atoms with Gasteiger partial charge in [-0.1, -0.05) is 50.2 Å². The van der Waals surface area contributed by atoms with E-state index in [2.05, 4.69) is 67.4 Å². The highest BCUT2D eigenvalue weighted by atomic mass is 16.2. The third-order valence-electron chi connectivity index (χ3n) is 4.73. The van der Waals surface area contributed by atoms with Crippen LogP contribution in [0.1, 0.15) is 42.9 Å². The van der Waals surface area contributed by atoms with Gasteiger partial charge in [-0.25, -0.2) is 0 Å². The zero-order valence-corrected chi connectivity index (χ0v) is 14.8. The van der Waals surface area contributed by atoms with Crippen molar-refractivity contribution in [3.05, 3.63) is 59.2 Å². The van der Waals surface area contributed by atoms with Crippen molar-refractivity contribution in [2.75, 3.05) is 23.3 Å². The van der Waals surface area contributed by atoms with Gasteiger partial charge in [-0.2, -0.15) is 0 Å². The zero-order chi connectivity index (χ0) is 17.1. The van der Waals surface area contributed by atoms with E-state index >= 15 is 0 Å². The van der Waals surface area contributed by atoms with Crippen LogP contribution < -0.4 is 10.2 Å². The zero-order valence-electron chi connectivity index (χ0n) is 14.8. The second kappa shape index (κ2) is 7.08. The Labute approximate surface area is 144 Å². The molecule has 126 valence electrons. The van der Waals surface area contributed by atoms with Crippen LogP contribution in [-0.2, 0) is 11.2 Å². The third kappa shape index (κ3) is 3.45. The van der Waals surface area contributed by atoms with Crippen LogP contribution in [-0.4, -0.2) is 19.0 Å². The van der Waals surface area contributed by atoms with E-state index in [0.717, 1.165) is 30.6 Å². The molecule has 3 heteroatoms. The Balaban J connectivity index is 1.76. The maximum absolute atomic E-state index is 12.7. The van der Waals surface area contributed by atoms with E-state index < -0.39 is 0 Å². The molecule has 0 spiro atoms. The van der Waals surface area contributed by atoms with E-state index in [1.807, 2.05) is 6.07 Å². The first-order valence-electron chi connectivity index (χ1n) is 8.78. The lowest BCUT2D eigenvalue weighted by molar-refractivity contribution is -0.115. The fraction of sp³-hybridized carbons (Fsp3) is 0.381. The molecule has 0 unspecified atom stereocenters. The molecular weight excluding hydrogens is 296 g/mol. The first-order valence-corrected chi connectivity index (χ1v) is 8.78. The number of hydrogen-bond acceptors (Lipinski definition) is 2. The van der Waals surface area contributed by atoms with Gasteiger partial charge in [-0.3, -0.25) is 4.79 Å². The highest BCUT2D eigenvalue weighted by Crippen LogP contribution is 2.29. The summed E-state index contributed by atoms with van der Waals surface area (Å²) in [5.74, 6) is 0.443. The van der Waals surface area contributed by atoms with Gasteiger partial charge in [-0.05, 0) is 48.4 Å². The van der Waals surface area contributed by atoms with Crippen LogP contribution >= 0.6 is 0 Å². The van der Waals surface area contributed by atoms with Crippen LogP contribution in [0.15, 0.2) is 42.5 Å². The number of carbonyl (C=O) groups excluding carboxylic acids is 1. The number of amides is 1. The van der Waals surface area contributed by atoms with Gasteiger partial charge in [0.05, 0.1) is 6.54 Å². The third-order valence-corrected chi connectivity index (χ3v) is 4.73. The number of rotatable bonds is 4. The number of aryl methyl sites for hydroxylation is 2.